The molecule has 0 amide bonds. The minimum atomic E-state index is -0.130. The fourth-order valence-corrected chi connectivity index (χ4v) is 1.39. The van der Waals surface area contributed by atoms with E-state index >= 15 is 0 Å². The molecule has 0 heterocycles. The maximum absolute atomic E-state index is 5.36. The van der Waals surface area contributed by atoms with E-state index < -0.39 is 0 Å². The maximum Gasteiger partial charge on any atom is 0.0928 e. The fraction of sp³-hybridized carbons (Fsp3) is 1.00. The third-order valence-electron chi connectivity index (χ3n) is 0.358. The SMILES string of the molecule is CC[Si]C(Cl)Cl. The quantitative estimate of drug-likeness (QED) is 0.407. The van der Waals surface area contributed by atoms with Gasteiger partial charge in [0.05, 0.1) is 14.0 Å². The Labute approximate surface area is 50.7 Å². The Bertz CT molecular complexity index is 30.0. The highest BCUT2D eigenvalue weighted by atomic mass is 35.5. The lowest BCUT2D eigenvalue weighted by Gasteiger charge is -1.88. The van der Waals surface area contributed by atoms with Gasteiger partial charge in [-0.15, -0.1) is 23.2 Å². The normalized spacial score (nSPS) is 10.0. The molecule has 0 aliphatic rings. The molecule has 0 saturated carbocycles. The lowest BCUT2D eigenvalue weighted by molar-refractivity contribution is 1.44. The first-order valence-corrected chi connectivity index (χ1v) is 3.94. The molecule has 0 rings (SSSR count). The molecule has 0 N–H and O–H groups in total. The molecule has 0 atom stereocenters. The molecule has 3 heteroatoms. The van der Waals surface area contributed by atoms with Gasteiger partial charge >= 0.3 is 0 Å². The summed E-state index contributed by atoms with van der Waals surface area (Å²) < 4.78 is -0.130. The van der Waals surface area contributed by atoms with Gasteiger partial charge in [-0.25, -0.2) is 0 Å². The zero-order chi connectivity index (χ0) is 4.99. The third kappa shape index (κ3) is 4.80. The summed E-state index contributed by atoms with van der Waals surface area (Å²) in [5.41, 5.74) is 0. The average Bonchev–Trinajstić information content (AvgIpc) is 1.35. The molecule has 0 spiro atoms. The van der Waals surface area contributed by atoms with Gasteiger partial charge in [0.15, 0.2) is 0 Å². The highest BCUT2D eigenvalue weighted by molar-refractivity contribution is 6.68. The molecule has 0 unspecified atom stereocenters. The van der Waals surface area contributed by atoms with Crippen LogP contribution in [0.15, 0.2) is 0 Å². The van der Waals surface area contributed by atoms with E-state index in [-0.39, 0.29) is 4.46 Å². The van der Waals surface area contributed by atoms with Crippen LogP contribution in [-0.4, -0.2) is 14.0 Å². The molecule has 0 aliphatic heterocycles. The van der Waals surface area contributed by atoms with Crippen LogP contribution < -0.4 is 0 Å². The number of rotatable bonds is 2. The number of alkyl halides is 2. The van der Waals surface area contributed by atoms with E-state index in [4.69, 9.17) is 23.2 Å². The molecule has 0 aliphatic carbocycles. The van der Waals surface area contributed by atoms with Crippen LogP contribution in [0.4, 0.5) is 0 Å². The summed E-state index contributed by atoms with van der Waals surface area (Å²) in [5, 5.41) is 0. The van der Waals surface area contributed by atoms with E-state index in [1.165, 1.54) is 0 Å². The predicted octanol–water partition coefficient (Wildman–Crippen LogP) is 1.89. The standard InChI is InChI=1S/C3H6Cl2Si/c1-2-6-3(4)5/h3H,2H2,1H3. The molecule has 36 valence electrons. The van der Waals surface area contributed by atoms with Gasteiger partial charge in [0.25, 0.3) is 0 Å². The molecule has 0 aromatic heterocycles. The van der Waals surface area contributed by atoms with Crippen LogP contribution in [0.5, 0.6) is 0 Å². The van der Waals surface area contributed by atoms with Gasteiger partial charge in [-0.2, -0.15) is 0 Å². The largest absolute Gasteiger partial charge is 0.110 e. The van der Waals surface area contributed by atoms with E-state index in [1.54, 1.807) is 0 Å². The van der Waals surface area contributed by atoms with Crippen molar-refractivity contribution in [1.82, 2.24) is 0 Å². The summed E-state index contributed by atoms with van der Waals surface area (Å²) in [6, 6.07) is 1.09. The highest BCUT2D eigenvalue weighted by Gasteiger charge is 1.93. The van der Waals surface area contributed by atoms with Gasteiger partial charge in [-0.3, -0.25) is 0 Å². The minimum Gasteiger partial charge on any atom is -0.110 e. The average molecular weight is 141 g/mol. The van der Waals surface area contributed by atoms with Crippen molar-refractivity contribution in [3.63, 3.8) is 0 Å². The van der Waals surface area contributed by atoms with E-state index in [1.807, 2.05) is 0 Å². The van der Waals surface area contributed by atoms with Crippen LogP contribution in [0.2, 0.25) is 6.04 Å². The molecule has 0 saturated heterocycles. The van der Waals surface area contributed by atoms with E-state index in [9.17, 15) is 0 Å². The van der Waals surface area contributed by atoms with Gasteiger partial charge < -0.3 is 0 Å². The topological polar surface area (TPSA) is 0 Å². The molecule has 2 radical (unpaired) electrons. The Morgan fingerprint density at radius 2 is 2.17 bits per heavy atom. The van der Waals surface area contributed by atoms with Crippen molar-refractivity contribution in [2.75, 3.05) is 0 Å². The van der Waals surface area contributed by atoms with Gasteiger partial charge in [-0.05, 0) is 0 Å². The van der Waals surface area contributed by atoms with Crippen molar-refractivity contribution in [2.45, 2.75) is 17.4 Å². The van der Waals surface area contributed by atoms with Crippen LogP contribution in [0.25, 0.3) is 0 Å². The summed E-state index contributed by atoms with van der Waals surface area (Å²) in [5.74, 6) is 0. The van der Waals surface area contributed by atoms with Crippen molar-refractivity contribution in [3.05, 3.63) is 0 Å². The van der Waals surface area contributed by atoms with Gasteiger partial charge in [0, 0.05) is 0 Å². The van der Waals surface area contributed by atoms with Gasteiger partial charge in [0.2, 0.25) is 0 Å². The number of hydrogen-bond acceptors (Lipinski definition) is 0. The number of hydrogen-bond donors (Lipinski definition) is 0. The Morgan fingerprint density at radius 3 is 2.17 bits per heavy atom. The molecule has 0 nitrogen and oxygen atoms in total. The number of halogens is 2. The summed E-state index contributed by atoms with van der Waals surface area (Å²) in [7, 11) is 0.702. The molecule has 0 bridgehead atoms. The second-order valence-corrected chi connectivity index (χ2v) is 4.38. The second-order valence-electron chi connectivity index (χ2n) is 0.858. The first-order chi connectivity index (χ1) is 2.77. The Balaban J connectivity index is 2.63. The monoisotopic (exact) mass is 140 g/mol. The predicted molar refractivity (Wildman–Crippen MR) is 31.7 cm³/mol. The molecule has 0 aromatic rings. The van der Waals surface area contributed by atoms with E-state index in [2.05, 4.69) is 6.92 Å². The van der Waals surface area contributed by atoms with Crippen molar-refractivity contribution < 1.29 is 0 Å². The summed E-state index contributed by atoms with van der Waals surface area (Å²) in [4.78, 5) is 0. The van der Waals surface area contributed by atoms with Crippen LogP contribution in [0.3, 0.4) is 0 Å². The summed E-state index contributed by atoms with van der Waals surface area (Å²) in [6.07, 6.45) is 0. The third-order valence-corrected chi connectivity index (χ3v) is 2.00. The lowest BCUT2D eigenvalue weighted by atomic mass is 11.0. The fourth-order valence-electron chi connectivity index (χ4n) is 0.154. The van der Waals surface area contributed by atoms with Crippen LogP contribution in [0, 0.1) is 0 Å². The van der Waals surface area contributed by atoms with Gasteiger partial charge in [-0.1, -0.05) is 13.0 Å². The lowest BCUT2D eigenvalue weighted by Crippen LogP contribution is -1.96. The second kappa shape index (κ2) is 3.97. The maximum atomic E-state index is 5.36. The van der Waals surface area contributed by atoms with E-state index in [0.717, 1.165) is 6.04 Å². The first-order valence-electron chi connectivity index (χ1n) is 1.79. The zero-order valence-corrected chi connectivity index (χ0v) is 6.05. The first kappa shape index (κ1) is 6.80. The van der Waals surface area contributed by atoms with Crippen LogP contribution in [0.1, 0.15) is 6.92 Å². The summed E-state index contributed by atoms with van der Waals surface area (Å²) in [6.45, 7) is 2.07. The zero-order valence-electron chi connectivity index (χ0n) is 3.54. The molecule has 0 fully saturated rings. The highest BCUT2D eigenvalue weighted by Crippen LogP contribution is 1.99. The summed E-state index contributed by atoms with van der Waals surface area (Å²) >= 11 is 10.7. The van der Waals surface area contributed by atoms with Crippen molar-refractivity contribution in [3.8, 4) is 0 Å². The van der Waals surface area contributed by atoms with Crippen molar-refractivity contribution >= 4 is 32.7 Å². The smallest absolute Gasteiger partial charge is 0.0928 e. The Kier molecular flexibility index (Phi) is 4.50. The van der Waals surface area contributed by atoms with Gasteiger partial charge in [0.1, 0.15) is 0 Å². The molecular formula is C3H6Cl2Si. The molecule has 6 heavy (non-hydrogen) atoms. The van der Waals surface area contributed by atoms with Crippen LogP contribution in [-0.2, 0) is 0 Å². The van der Waals surface area contributed by atoms with Crippen molar-refractivity contribution in [2.24, 2.45) is 0 Å². The van der Waals surface area contributed by atoms with E-state index in [0.29, 0.717) is 9.52 Å². The Hall–Kier alpha value is 0.797. The minimum absolute atomic E-state index is 0.130. The Morgan fingerprint density at radius 1 is 1.67 bits per heavy atom. The molecule has 0 aromatic carbocycles. The van der Waals surface area contributed by atoms with Crippen molar-refractivity contribution in [1.29, 1.82) is 0 Å². The molecular weight excluding hydrogens is 135 g/mol. The van der Waals surface area contributed by atoms with Crippen LogP contribution >= 0.6 is 23.2 Å².